The van der Waals surface area contributed by atoms with Crippen molar-refractivity contribution in [3.05, 3.63) is 45.8 Å². The summed E-state index contributed by atoms with van der Waals surface area (Å²) in [6.45, 7) is 7.50. The van der Waals surface area contributed by atoms with E-state index in [1.54, 1.807) is 13.8 Å². The molecule has 0 saturated carbocycles. The van der Waals surface area contributed by atoms with Crippen molar-refractivity contribution in [3.8, 4) is 10.4 Å². The number of thiophene rings is 1. The predicted molar refractivity (Wildman–Crippen MR) is 88.7 cm³/mol. The lowest BCUT2D eigenvalue weighted by Crippen LogP contribution is -2.22. The maximum Gasteiger partial charge on any atom is 0.130 e. The van der Waals surface area contributed by atoms with Gasteiger partial charge in [0, 0.05) is 16.3 Å². The molecule has 0 amide bonds. The number of nitrogens with one attached hydrogen (secondary N) is 1. The van der Waals surface area contributed by atoms with Crippen molar-refractivity contribution in [1.82, 2.24) is 5.32 Å². The van der Waals surface area contributed by atoms with E-state index < -0.39 is 5.67 Å². The molecule has 21 heavy (non-hydrogen) atoms. The van der Waals surface area contributed by atoms with E-state index in [9.17, 15) is 4.39 Å². The van der Waals surface area contributed by atoms with Crippen molar-refractivity contribution in [2.75, 3.05) is 6.54 Å². The van der Waals surface area contributed by atoms with E-state index in [0.29, 0.717) is 0 Å². The van der Waals surface area contributed by atoms with E-state index in [1.165, 1.54) is 20.9 Å². The van der Waals surface area contributed by atoms with Crippen molar-refractivity contribution < 1.29 is 4.39 Å². The third-order valence-corrected chi connectivity index (χ3v) is 5.53. The second-order valence-electron chi connectivity index (χ2n) is 6.15. The van der Waals surface area contributed by atoms with E-state index in [1.807, 2.05) is 29.5 Å². The molecule has 0 unspecified atom stereocenters. The van der Waals surface area contributed by atoms with E-state index in [2.05, 4.69) is 18.3 Å². The van der Waals surface area contributed by atoms with Crippen LogP contribution in [0.15, 0.2) is 24.3 Å². The van der Waals surface area contributed by atoms with Crippen molar-refractivity contribution in [3.63, 3.8) is 0 Å². The van der Waals surface area contributed by atoms with Gasteiger partial charge in [-0.15, -0.1) is 11.3 Å². The number of fused-ring (bicyclic) bond motifs is 1. The molecule has 0 saturated heterocycles. The molecular formula is C18H22FNS. The highest BCUT2D eigenvalue weighted by molar-refractivity contribution is 7.15. The molecule has 0 radical (unpaired) electrons. The largest absolute Gasteiger partial charge is 0.312 e. The first-order chi connectivity index (χ1) is 10.0. The van der Waals surface area contributed by atoms with Crippen LogP contribution in [-0.2, 0) is 25.1 Å². The monoisotopic (exact) mass is 303 g/mol. The van der Waals surface area contributed by atoms with E-state index >= 15 is 0 Å². The van der Waals surface area contributed by atoms with Crippen LogP contribution in [0.2, 0.25) is 0 Å². The minimum absolute atomic E-state index is 0.756. The fraction of sp³-hybridized carbons (Fsp3) is 0.444. The number of hydrogen-bond donors (Lipinski definition) is 1. The Kier molecular flexibility index (Phi) is 3.89. The normalized spacial score (nSPS) is 15.0. The average molecular weight is 303 g/mol. The quantitative estimate of drug-likeness (QED) is 0.856. The highest BCUT2D eigenvalue weighted by Gasteiger charge is 2.22. The summed E-state index contributed by atoms with van der Waals surface area (Å²) in [6, 6.07) is 7.98. The number of halogens is 1. The molecule has 1 nitrogen and oxygen atoms in total. The fourth-order valence-corrected chi connectivity index (χ4v) is 4.44. The third-order valence-electron chi connectivity index (χ3n) is 4.20. The molecule has 1 aromatic heterocycles. The number of hydrogen-bond acceptors (Lipinski definition) is 2. The van der Waals surface area contributed by atoms with Crippen molar-refractivity contribution >= 4 is 11.3 Å². The zero-order valence-electron chi connectivity index (χ0n) is 12.9. The summed E-state index contributed by atoms with van der Waals surface area (Å²) in [7, 11) is 0. The third kappa shape index (κ3) is 2.77. The van der Waals surface area contributed by atoms with Crippen LogP contribution >= 0.6 is 11.3 Å². The smallest absolute Gasteiger partial charge is 0.130 e. The van der Waals surface area contributed by atoms with Gasteiger partial charge in [0.05, 0.1) is 0 Å². The van der Waals surface area contributed by atoms with Gasteiger partial charge in [-0.1, -0.05) is 25.1 Å². The van der Waals surface area contributed by atoms with Crippen molar-refractivity contribution in [2.24, 2.45) is 0 Å². The van der Waals surface area contributed by atoms with Crippen molar-refractivity contribution in [2.45, 2.75) is 45.8 Å². The van der Waals surface area contributed by atoms with E-state index in [4.69, 9.17) is 0 Å². The van der Waals surface area contributed by atoms with Gasteiger partial charge in [0.1, 0.15) is 5.67 Å². The Balaban J connectivity index is 2.10. The molecule has 0 atom stereocenters. The van der Waals surface area contributed by atoms with Crippen LogP contribution < -0.4 is 5.32 Å². The summed E-state index contributed by atoms with van der Waals surface area (Å²) in [6.07, 6.45) is 2.16. The Morgan fingerprint density at radius 2 is 2.14 bits per heavy atom. The molecule has 0 fully saturated rings. The van der Waals surface area contributed by atoms with E-state index in [-0.39, 0.29) is 0 Å². The molecule has 112 valence electrons. The summed E-state index contributed by atoms with van der Waals surface area (Å²) in [5.41, 5.74) is 3.62. The maximum atomic E-state index is 14.2. The molecule has 0 aliphatic carbocycles. The van der Waals surface area contributed by atoms with Gasteiger partial charge in [-0.2, -0.15) is 0 Å². The summed E-state index contributed by atoms with van der Waals surface area (Å²) >= 11 is 1.87. The van der Waals surface area contributed by atoms with Crippen LogP contribution in [0.25, 0.3) is 10.4 Å². The molecular weight excluding hydrogens is 281 g/mol. The predicted octanol–water partition coefficient (Wildman–Crippen LogP) is 4.83. The molecule has 2 heterocycles. The van der Waals surface area contributed by atoms with Gasteiger partial charge in [-0.25, -0.2) is 4.39 Å². The summed E-state index contributed by atoms with van der Waals surface area (Å²) in [4.78, 5) is 2.79. The summed E-state index contributed by atoms with van der Waals surface area (Å²) < 4.78 is 14.2. The van der Waals surface area contributed by atoms with Crippen LogP contribution in [-0.4, -0.2) is 6.54 Å². The van der Waals surface area contributed by atoms with Crippen LogP contribution in [0.5, 0.6) is 0 Å². The Bertz CT molecular complexity index is 652. The van der Waals surface area contributed by atoms with Gasteiger partial charge >= 0.3 is 0 Å². The van der Waals surface area contributed by atoms with E-state index in [0.717, 1.165) is 37.1 Å². The Morgan fingerprint density at radius 1 is 1.33 bits per heavy atom. The van der Waals surface area contributed by atoms with Gasteiger partial charge in [-0.3, -0.25) is 0 Å². The van der Waals surface area contributed by atoms with Crippen LogP contribution in [0.3, 0.4) is 0 Å². The Labute approximate surface area is 130 Å². The molecule has 1 aliphatic heterocycles. The molecule has 0 spiro atoms. The van der Waals surface area contributed by atoms with Gasteiger partial charge in [-0.05, 0) is 61.6 Å². The number of benzene rings is 1. The number of alkyl halides is 1. The lowest BCUT2D eigenvalue weighted by atomic mass is 9.94. The van der Waals surface area contributed by atoms with Crippen LogP contribution in [0.4, 0.5) is 4.39 Å². The standard InChI is InChI=1S/C18H22FNS/c1-4-14-15-8-9-20-11-16(15)21-17(14)12-6-5-7-13(10-12)18(2,3)19/h5-7,10,20H,4,8-9,11H2,1-3H3. The zero-order valence-corrected chi connectivity index (χ0v) is 13.7. The molecule has 1 N–H and O–H groups in total. The molecule has 2 aromatic rings. The highest BCUT2D eigenvalue weighted by Crippen LogP contribution is 2.39. The molecule has 0 bridgehead atoms. The van der Waals surface area contributed by atoms with Gasteiger partial charge in [0.25, 0.3) is 0 Å². The first kappa shape index (κ1) is 14.7. The first-order valence-corrected chi connectivity index (χ1v) is 8.46. The summed E-state index contributed by atoms with van der Waals surface area (Å²) in [5, 5.41) is 3.44. The minimum Gasteiger partial charge on any atom is -0.312 e. The zero-order chi connectivity index (χ0) is 15.0. The maximum absolute atomic E-state index is 14.2. The second-order valence-corrected chi connectivity index (χ2v) is 7.25. The second kappa shape index (κ2) is 5.54. The number of rotatable bonds is 3. The van der Waals surface area contributed by atoms with Crippen LogP contribution in [0.1, 0.15) is 42.3 Å². The van der Waals surface area contributed by atoms with Gasteiger partial charge in [0.2, 0.25) is 0 Å². The molecule has 1 aromatic carbocycles. The van der Waals surface area contributed by atoms with Crippen molar-refractivity contribution in [1.29, 1.82) is 0 Å². The molecule has 1 aliphatic rings. The van der Waals surface area contributed by atoms with Crippen LogP contribution in [0, 0.1) is 0 Å². The Morgan fingerprint density at radius 3 is 2.86 bits per heavy atom. The minimum atomic E-state index is -1.29. The topological polar surface area (TPSA) is 12.0 Å². The summed E-state index contributed by atoms with van der Waals surface area (Å²) in [5.74, 6) is 0. The SMILES string of the molecule is CCc1c(-c2cccc(C(C)(C)F)c2)sc2c1CCNC2. The average Bonchev–Trinajstić information content (AvgIpc) is 2.85. The molecule has 3 heteroatoms. The first-order valence-electron chi connectivity index (χ1n) is 7.64. The fourth-order valence-electron chi connectivity index (χ4n) is 3.04. The van der Waals surface area contributed by atoms with Gasteiger partial charge < -0.3 is 5.32 Å². The highest BCUT2D eigenvalue weighted by atomic mass is 32.1. The Hall–Kier alpha value is -1.19. The lowest BCUT2D eigenvalue weighted by Gasteiger charge is -2.16. The lowest BCUT2D eigenvalue weighted by molar-refractivity contribution is 0.221. The molecule has 3 rings (SSSR count). The van der Waals surface area contributed by atoms with Gasteiger partial charge in [0.15, 0.2) is 0 Å².